The first kappa shape index (κ1) is 15.8. The molecule has 1 aromatic rings. The third kappa shape index (κ3) is 3.74. The van der Waals surface area contributed by atoms with E-state index in [0.29, 0.717) is 23.9 Å². The number of aryl methyl sites for hydroxylation is 2. The number of nitrogens with zero attached hydrogens (tertiary/aromatic N) is 3. The highest BCUT2D eigenvalue weighted by atomic mass is 16.6. The van der Waals surface area contributed by atoms with Gasteiger partial charge in [0.05, 0.1) is 4.92 Å². The van der Waals surface area contributed by atoms with Crippen LogP contribution in [0.5, 0.6) is 0 Å². The average molecular weight is 294 g/mol. The average Bonchev–Trinajstić information content (AvgIpc) is 2.75. The van der Waals surface area contributed by atoms with Crippen LogP contribution < -0.4 is 5.32 Å². The Bertz CT molecular complexity index is 490. The predicted molar refractivity (Wildman–Crippen MR) is 83.5 cm³/mol. The van der Waals surface area contributed by atoms with Gasteiger partial charge < -0.3 is 5.32 Å². The van der Waals surface area contributed by atoms with Crippen LogP contribution in [0.4, 0.5) is 11.5 Å². The Morgan fingerprint density at radius 1 is 1.38 bits per heavy atom. The van der Waals surface area contributed by atoms with Gasteiger partial charge in [0.2, 0.25) is 5.82 Å². The van der Waals surface area contributed by atoms with Crippen LogP contribution in [0, 0.1) is 22.0 Å². The lowest BCUT2D eigenvalue weighted by Gasteiger charge is -2.26. The van der Waals surface area contributed by atoms with Crippen molar-refractivity contribution in [1.29, 1.82) is 0 Å². The Morgan fingerprint density at radius 3 is 2.62 bits per heavy atom. The maximum absolute atomic E-state index is 11.3. The summed E-state index contributed by atoms with van der Waals surface area (Å²) in [6.07, 6.45) is 6.45. The smallest absolute Gasteiger partial charge is 0.333 e. The van der Waals surface area contributed by atoms with Crippen molar-refractivity contribution in [2.45, 2.75) is 52.4 Å². The summed E-state index contributed by atoms with van der Waals surface area (Å²) in [6, 6.07) is 0. The number of hydrogen-bond acceptors (Lipinski definition) is 4. The molecule has 1 N–H and O–H groups in total. The molecule has 1 aromatic heterocycles. The fraction of sp³-hybridized carbons (Fsp3) is 0.800. The third-order valence-electron chi connectivity index (χ3n) is 4.45. The van der Waals surface area contributed by atoms with Crippen molar-refractivity contribution >= 4 is 11.5 Å². The summed E-state index contributed by atoms with van der Waals surface area (Å²) in [4.78, 5) is 11.0. The molecule has 1 fully saturated rings. The summed E-state index contributed by atoms with van der Waals surface area (Å²) >= 11 is 0. The maximum Gasteiger partial charge on any atom is 0.333 e. The predicted octanol–water partition coefficient (Wildman–Crippen LogP) is 3.52. The first-order valence-corrected chi connectivity index (χ1v) is 7.97. The van der Waals surface area contributed by atoms with E-state index in [-0.39, 0.29) is 10.6 Å². The minimum Gasteiger partial charge on any atom is -0.364 e. The van der Waals surface area contributed by atoms with Crippen LogP contribution in [0.3, 0.4) is 0 Å². The summed E-state index contributed by atoms with van der Waals surface area (Å²) < 4.78 is 1.62. The van der Waals surface area contributed by atoms with Crippen LogP contribution in [0.15, 0.2) is 0 Å². The molecule has 0 aliphatic heterocycles. The molecule has 0 radical (unpaired) electrons. The molecule has 6 heteroatoms. The van der Waals surface area contributed by atoms with Gasteiger partial charge >= 0.3 is 5.69 Å². The van der Waals surface area contributed by atoms with E-state index in [1.807, 2.05) is 6.92 Å². The molecule has 0 unspecified atom stereocenters. The quantitative estimate of drug-likeness (QED) is 0.643. The van der Waals surface area contributed by atoms with Gasteiger partial charge in [-0.2, -0.15) is 5.10 Å². The molecule has 1 saturated carbocycles. The van der Waals surface area contributed by atoms with Crippen LogP contribution in [-0.2, 0) is 13.5 Å². The van der Waals surface area contributed by atoms with Gasteiger partial charge in [-0.3, -0.25) is 10.1 Å². The van der Waals surface area contributed by atoms with E-state index in [1.165, 1.54) is 25.7 Å². The highest BCUT2D eigenvalue weighted by Gasteiger charge is 2.27. The molecule has 0 spiro atoms. The van der Waals surface area contributed by atoms with Gasteiger partial charge in [-0.15, -0.1) is 0 Å². The zero-order valence-electron chi connectivity index (χ0n) is 13.3. The lowest BCUT2D eigenvalue weighted by molar-refractivity contribution is -0.384. The summed E-state index contributed by atoms with van der Waals surface area (Å²) in [5.74, 6) is 2.00. The molecule has 0 amide bonds. The van der Waals surface area contributed by atoms with Gasteiger partial charge in [-0.25, -0.2) is 4.68 Å². The minimum atomic E-state index is -0.302. The number of hydrogen-bond donors (Lipinski definition) is 1. The first-order chi connectivity index (χ1) is 10.0. The van der Waals surface area contributed by atoms with E-state index >= 15 is 0 Å². The normalized spacial score (nSPS) is 22.2. The summed E-state index contributed by atoms with van der Waals surface area (Å²) in [7, 11) is 1.78. The number of nitrogens with one attached hydrogen (secondary N) is 1. The number of nitro groups is 1. The molecular weight excluding hydrogens is 268 g/mol. The zero-order valence-corrected chi connectivity index (χ0v) is 13.3. The lowest BCUT2D eigenvalue weighted by atomic mass is 9.83. The van der Waals surface area contributed by atoms with Crippen LogP contribution in [0.2, 0.25) is 0 Å². The molecule has 1 aliphatic carbocycles. The van der Waals surface area contributed by atoms with Crippen LogP contribution in [-0.4, -0.2) is 21.2 Å². The molecule has 0 saturated heterocycles. The first-order valence-electron chi connectivity index (χ1n) is 7.97. The van der Waals surface area contributed by atoms with Crippen LogP contribution in [0.1, 0.15) is 51.6 Å². The van der Waals surface area contributed by atoms with Crippen molar-refractivity contribution in [1.82, 2.24) is 9.78 Å². The largest absolute Gasteiger partial charge is 0.364 e. The Hall–Kier alpha value is -1.59. The van der Waals surface area contributed by atoms with E-state index in [2.05, 4.69) is 17.3 Å². The molecule has 1 heterocycles. The molecule has 0 atom stereocenters. The van der Waals surface area contributed by atoms with E-state index in [4.69, 9.17) is 0 Å². The fourth-order valence-corrected chi connectivity index (χ4v) is 3.14. The van der Waals surface area contributed by atoms with E-state index in [9.17, 15) is 10.1 Å². The monoisotopic (exact) mass is 294 g/mol. The molecule has 1 aliphatic rings. The van der Waals surface area contributed by atoms with Crippen LogP contribution >= 0.6 is 0 Å². The highest BCUT2D eigenvalue weighted by molar-refractivity contribution is 5.59. The third-order valence-corrected chi connectivity index (χ3v) is 4.45. The molecular formula is C15H26N4O2. The van der Waals surface area contributed by atoms with Crippen molar-refractivity contribution in [3.63, 3.8) is 0 Å². The van der Waals surface area contributed by atoms with E-state index in [1.54, 1.807) is 11.7 Å². The number of anilines is 1. The van der Waals surface area contributed by atoms with Gasteiger partial charge in [0.15, 0.2) is 0 Å². The second-order valence-corrected chi connectivity index (χ2v) is 6.28. The second-order valence-electron chi connectivity index (χ2n) is 6.28. The van der Waals surface area contributed by atoms with E-state index in [0.717, 1.165) is 18.9 Å². The topological polar surface area (TPSA) is 73.0 Å². The molecule has 2 rings (SSSR count). The molecule has 0 bridgehead atoms. The maximum atomic E-state index is 11.3. The second kappa shape index (κ2) is 6.91. The Morgan fingerprint density at radius 2 is 2.05 bits per heavy atom. The lowest BCUT2D eigenvalue weighted by Crippen LogP contribution is -2.21. The van der Waals surface area contributed by atoms with Crippen molar-refractivity contribution in [2.75, 3.05) is 11.9 Å². The standard InChI is InChI=1S/C15H26N4O2/c1-4-5-13-14(19(20)21)15(18(3)17-13)16-10-12-8-6-11(2)7-9-12/h11-12,16H,4-10H2,1-3H3. The highest BCUT2D eigenvalue weighted by Crippen LogP contribution is 2.32. The summed E-state index contributed by atoms with van der Waals surface area (Å²) in [6.45, 7) is 5.11. The fourth-order valence-electron chi connectivity index (χ4n) is 3.14. The molecule has 0 aromatic carbocycles. The van der Waals surface area contributed by atoms with Crippen LogP contribution in [0.25, 0.3) is 0 Å². The number of rotatable bonds is 6. The van der Waals surface area contributed by atoms with Gasteiger partial charge in [-0.1, -0.05) is 33.1 Å². The Labute approximate surface area is 126 Å². The van der Waals surface area contributed by atoms with Gasteiger partial charge in [0, 0.05) is 13.6 Å². The molecule has 6 nitrogen and oxygen atoms in total. The Balaban J connectivity index is 2.06. The Kier molecular flexibility index (Phi) is 5.20. The van der Waals surface area contributed by atoms with Crippen molar-refractivity contribution in [3.05, 3.63) is 15.8 Å². The van der Waals surface area contributed by atoms with Crippen molar-refractivity contribution < 1.29 is 4.92 Å². The number of aromatic nitrogens is 2. The SMILES string of the molecule is CCCc1nn(C)c(NCC2CCC(C)CC2)c1[N+](=O)[O-]. The van der Waals surface area contributed by atoms with Crippen molar-refractivity contribution in [2.24, 2.45) is 18.9 Å². The molecule has 21 heavy (non-hydrogen) atoms. The molecule has 118 valence electrons. The van der Waals surface area contributed by atoms with E-state index < -0.39 is 0 Å². The summed E-state index contributed by atoms with van der Waals surface area (Å²) in [5, 5.41) is 18.9. The summed E-state index contributed by atoms with van der Waals surface area (Å²) in [5.41, 5.74) is 0.744. The minimum absolute atomic E-state index is 0.156. The van der Waals surface area contributed by atoms with Crippen molar-refractivity contribution in [3.8, 4) is 0 Å². The zero-order chi connectivity index (χ0) is 15.4. The van der Waals surface area contributed by atoms with Gasteiger partial charge in [-0.05, 0) is 31.1 Å². The van der Waals surface area contributed by atoms with Gasteiger partial charge in [0.1, 0.15) is 5.69 Å². The van der Waals surface area contributed by atoms with Gasteiger partial charge in [0.25, 0.3) is 0 Å².